The average molecular weight is 293 g/mol. The van der Waals surface area contributed by atoms with Crippen molar-refractivity contribution >= 4 is 0 Å². The zero-order valence-electron chi connectivity index (χ0n) is 16.0. The minimum absolute atomic E-state index is 0.810. The van der Waals surface area contributed by atoms with Crippen LogP contribution in [0.25, 0.3) is 0 Å². The average Bonchev–Trinajstić information content (AvgIpc) is 2.07. The van der Waals surface area contributed by atoms with Gasteiger partial charge in [0.1, 0.15) is 0 Å². The Bertz CT molecular complexity index is 291. The monoisotopic (exact) mass is 292 g/mol. The first kappa shape index (κ1) is 17.4. The van der Waals surface area contributed by atoms with Gasteiger partial charge in [-0.3, -0.25) is 0 Å². The number of hydrogen-bond donors (Lipinski definition) is 0. The Morgan fingerprint density at radius 1 is 0.571 bits per heavy atom. The van der Waals surface area contributed by atoms with Gasteiger partial charge in [0.2, 0.25) is 0 Å². The normalized spacial score (nSPS) is 40.6. The Labute approximate surface area is 134 Å². The molecule has 0 amide bonds. The van der Waals surface area contributed by atoms with Crippen molar-refractivity contribution in [3.63, 3.8) is 0 Å². The molecule has 0 heterocycles. The lowest BCUT2D eigenvalue weighted by Crippen LogP contribution is -2.66. The maximum absolute atomic E-state index is 2.39. The zero-order valence-corrected chi connectivity index (χ0v) is 16.0. The largest absolute Gasteiger partial charge is 0.0625 e. The van der Waals surface area contributed by atoms with E-state index in [1.54, 1.807) is 0 Å². The summed E-state index contributed by atoms with van der Waals surface area (Å²) in [7, 11) is 0. The van der Waals surface area contributed by atoms with Gasteiger partial charge in [-0.1, -0.05) is 55.4 Å². The zero-order chi connectivity index (χ0) is 16.0. The quantitative estimate of drug-likeness (QED) is 0.535. The van der Waals surface area contributed by atoms with Crippen LogP contribution >= 0.6 is 0 Å². The van der Waals surface area contributed by atoms with E-state index in [1.165, 1.54) is 32.1 Å². The Morgan fingerprint density at radius 2 is 0.857 bits per heavy atom. The molecule has 124 valence electrons. The van der Waals surface area contributed by atoms with Gasteiger partial charge in [-0.25, -0.2) is 0 Å². The third kappa shape index (κ3) is 3.06. The second kappa shape index (κ2) is 5.89. The van der Waals surface area contributed by atoms with Crippen LogP contribution in [0.3, 0.4) is 0 Å². The van der Waals surface area contributed by atoms with E-state index >= 15 is 0 Å². The van der Waals surface area contributed by atoms with Gasteiger partial charge in [0.25, 0.3) is 0 Å². The Kier molecular flexibility index (Phi) is 4.87. The molecule has 0 unspecified atom stereocenters. The van der Waals surface area contributed by atoms with E-state index in [1.807, 2.05) is 0 Å². The van der Waals surface area contributed by atoms with Gasteiger partial charge in [-0.15, -0.1) is 0 Å². The molecule has 0 aliphatic heterocycles. The van der Waals surface area contributed by atoms with Crippen molar-refractivity contribution < 1.29 is 0 Å². The van der Waals surface area contributed by atoms with E-state index < -0.39 is 0 Å². The van der Waals surface area contributed by atoms with Gasteiger partial charge in [0.15, 0.2) is 0 Å². The highest BCUT2D eigenvalue weighted by Gasteiger charge is 2.69. The van der Waals surface area contributed by atoms with Gasteiger partial charge >= 0.3 is 0 Å². The van der Waals surface area contributed by atoms with Gasteiger partial charge < -0.3 is 0 Å². The SMILES string of the molecule is CC(C)C12CC(C(C)C)(C1)C2.CC(C)C1CC(C(C)C)C1. The molecule has 4 rings (SSSR count). The van der Waals surface area contributed by atoms with E-state index in [9.17, 15) is 0 Å². The lowest BCUT2D eigenvalue weighted by Gasteiger charge is -2.75. The standard InChI is InChI=1S/C11H20.C10H20/c1-8(2)10-5-11(6-10,7-10)9(3)4;1-7(2)9-5-10(6-9)8(3)4/h8-9H,5-7H2,1-4H3;7-10H,5-6H2,1-4H3. The Hall–Kier alpha value is 0. The fourth-order valence-electron chi connectivity index (χ4n) is 4.97. The van der Waals surface area contributed by atoms with E-state index in [0.717, 1.165) is 46.3 Å². The summed E-state index contributed by atoms with van der Waals surface area (Å²) in [6.07, 6.45) is 7.60. The molecule has 4 fully saturated rings. The second-order valence-electron chi connectivity index (χ2n) is 10.0. The maximum atomic E-state index is 2.39. The molecular formula is C21H40. The topological polar surface area (TPSA) is 0 Å². The molecule has 2 bridgehead atoms. The fourth-order valence-corrected chi connectivity index (χ4v) is 4.97. The van der Waals surface area contributed by atoms with E-state index in [2.05, 4.69) is 55.4 Å². The molecule has 0 aromatic heterocycles. The van der Waals surface area contributed by atoms with Crippen LogP contribution in [0.15, 0.2) is 0 Å². The summed E-state index contributed by atoms with van der Waals surface area (Å²) in [5.74, 6) is 5.82. The highest BCUT2D eigenvalue weighted by atomic mass is 14.7. The molecule has 0 aromatic rings. The van der Waals surface area contributed by atoms with Crippen molar-refractivity contribution in [1.29, 1.82) is 0 Å². The highest BCUT2D eigenvalue weighted by molar-refractivity contribution is 5.18. The Morgan fingerprint density at radius 3 is 1.05 bits per heavy atom. The first-order valence-electron chi connectivity index (χ1n) is 9.62. The van der Waals surface area contributed by atoms with Crippen molar-refractivity contribution in [2.75, 3.05) is 0 Å². The molecular weight excluding hydrogens is 252 g/mol. The van der Waals surface area contributed by atoms with Gasteiger partial charge in [-0.05, 0) is 78.4 Å². The molecule has 0 heteroatoms. The van der Waals surface area contributed by atoms with Gasteiger partial charge in [0, 0.05) is 0 Å². The van der Waals surface area contributed by atoms with E-state index in [4.69, 9.17) is 0 Å². The summed E-state index contributed by atoms with van der Waals surface area (Å²) in [4.78, 5) is 0. The highest BCUT2D eigenvalue weighted by Crippen LogP contribution is 2.78. The molecule has 4 saturated carbocycles. The fraction of sp³-hybridized carbons (Fsp3) is 1.00. The molecule has 0 spiro atoms. The third-order valence-corrected chi connectivity index (χ3v) is 7.66. The van der Waals surface area contributed by atoms with E-state index in [-0.39, 0.29) is 0 Å². The second-order valence-corrected chi connectivity index (χ2v) is 10.0. The smallest absolute Gasteiger partial charge is 0.0258 e. The van der Waals surface area contributed by atoms with Crippen molar-refractivity contribution in [3.05, 3.63) is 0 Å². The van der Waals surface area contributed by atoms with E-state index in [0.29, 0.717) is 0 Å². The molecule has 0 nitrogen and oxygen atoms in total. The predicted molar refractivity (Wildman–Crippen MR) is 94.3 cm³/mol. The molecule has 21 heavy (non-hydrogen) atoms. The van der Waals surface area contributed by atoms with Crippen LogP contribution in [-0.4, -0.2) is 0 Å². The van der Waals surface area contributed by atoms with Crippen molar-refractivity contribution in [2.24, 2.45) is 46.3 Å². The Balaban J connectivity index is 0.000000155. The summed E-state index contributed by atoms with van der Waals surface area (Å²) in [5, 5.41) is 0. The van der Waals surface area contributed by atoms with Gasteiger partial charge in [-0.2, -0.15) is 0 Å². The first-order chi connectivity index (χ1) is 9.62. The minimum Gasteiger partial charge on any atom is -0.0625 e. The van der Waals surface area contributed by atoms with Crippen LogP contribution in [0, 0.1) is 46.3 Å². The summed E-state index contributed by atoms with van der Waals surface area (Å²) < 4.78 is 0. The number of rotatable bonds is 4. The third-order valence-electron chi connectivity index (χ3n) is 7.66. The summed E-state index contributed by atoms with van der Waals surface area (Å²) in [6, 6.07) is 0. The van der Waals surface area contributed by atoms with Crippen LogP contribution in [-0.2, 0) is 0 Å². The van der Waals surface area contributed by atoms with Crippen molar-refractivity contribution in [2.45, 2.75) is 87.5 Å². The summed E-state index contributed by atoms with van der Waals surface area (Å²) in [5.41, 5.74) is 1.62. The molecule has 0 radical (unpaired) electrons. The van der Waals surface area contributed by atoms with Crippen LogP contribution in [0.1, 0.15) is 87.5 Å². The van der Waals surface area contributed by atoms with Crippen LogP contribution < -0.4 is 0 Å². The maximum Gasteiger partial charge on any atom is -0.0258 e. The number of hydrogen-bond acceptors (Lipinski definition) is 0. The lowest BCUT2D eigenvalue weighted by molar-refractivity contribution is -0.252. The van der Waals surface area contributed by atoms with Crippen molar-refractivity contribution in [1.82, 2.24) is 0 Å². The molecule has 0 atom stereocenters. The summed E-state index contributed by atoms with van der Waals surface area (Å²) >= 11 is 0. The van der Waals surface area contributed by atoms with Crippen LogP contribution in [0.4, 0.5) is 0 Å². The first-order valence-corrected chi connectivity index (χ1v) is 9.62. The predicted octanol–water partition coefficient (Wildman–Crippen LogP) is 6.79. The molecule has 4 aliphatic carbocycles. The van der Waals surface area contributed by atoms with Crippen LogP contribution in [0.5, 0.6) is 0 Å². The van der Waals surface area contributed by atoms with Gasteiger partial charge in [0.05, 0.1) is 0 Å². The van der Waals surface area contributed by atoms with Crippen molar-refractivity contribution in [3.8, 4) is 0 Å². The van der Waals surface area contributed by atoms with Crippen LogP contribution in [0.2, 0.25) is 0 Å². The molecule has 0 saturated heterocycles. The molecule has 0 N–H and O–H groups in total. The summed E-state index contributed by atoms with van der Waals surface area (Å²) in [6.45, 7) is 19.0. The lowest BCUT2D eigenvalue weighted by atomic mass is 9.30. The minimum atomic E-state index is 0.810. The molecule has 4 aliphatic rings. The molecule has 0 aromatic carbocycles.